The van der Waals surface area contributed by atoms with Gasteiger partial charge in [0.15, 0.2) is 16.5 Å². The van der Waals surface area contributed by atoms with Crippen molar-refractivity contribution >= 4 is 67.3 Å². The fourth-order valence-corrected chi connectivity index (χ4v) is 5.37. The Morgan fingerprint density at radius 3 is 2.77 bits per heavy atom. The number of nitrogens with zero attached hydrogens (tertiary/aromatic N) is 4. The second-order valence-electron chi connectivity index (χ2n) is 7.96. The zero-order chi connectivity index (χ0) is 24.9. The number of carbonyl (C=O) groups excluding carboxylic acids is 2. The van der Waals surface area contributed by atoms with Crippen LogP contribution in [0.15, 0.2) is 24.3 Å². The van der Waals surface area contributed by atoms with Crippen molar-refractivity contribution in [3.05, 3.63) is 35.1 Å². The molecule has 0 aliphatic carbocycles. The molecular weight excluding hydrogens is 497 g/mol. The van der Waals surface area contributed by atoms with Gasteiger partial charge in [0.25, 0.3) is 0 Å². The fourth-order valence-electron chi connectivity index (χ4n) is 4.31. The molecule has 0 bridgehead atoms. The molecule has 1 aliphatic heterocycles. The second kappa shape index (κ2) is 8.47. The standard InChI is InChI=1S/C22H19ClFN7O3S/c1-26-19(33)22(27-9-32)7-31(8-22)18-11-6-12(23)14(15(24)17(11)29-21(30-18)34-2)10-4-3-5-13-16(10)28-20(25)35-13/h3-6,9H,7-8H2,1-2H3,(H2,25,28)(H,26,33)(H,27,32). The number of nitrogens with two attached hydrogens (primary N) is 1. The lowest BCUT2D eigenvalue weighted by Crippen LogP contribution is -2.75. The van der Waals surface area contributed by atoms with E-state index >= 15 is 4.39 Å². The first kappa shape index (κ1) is 23.0. The quantitative estimate of drug-likeness (QED) is 0.333. The van der Waals surface area contributed by atoms with Gasteiger partial charge < -0.3 is 26.0 Å². The summed E-state index contributed by atoms with van der Waals surface area (Å²) in [5, 5.41) is 5.94. The average Bonchev–Trinajstić information content (AvgIpc) is 3.21. The summed E-state index contributed by atoms with van der Waals surface area (Å²) >= 11 is 7.91. The van der Waals surface area contributed by atoms with E-state index in [4.69, 9.17) is 22.1 Å². The van der Waals surface area contributed by atoms with Crippen LogP contribution in [-0.4, -0.2) is 60.1 Å². The minimum atomic E-state index is -1.14. The molecule has 1 saturated heterocycles. The highest BCUT2D eigenvalue weighted by atomic mass is 35.5. The maximum absolute atomic E-state index is 16.1. The highest BCUT2D eigenvalue weighted by Crippen LogP contribution is 2.42. The number of halogens is 2. The number of amides is 2. The largest absolute Gasteiger partial charge is 0.467 e. The molecule has 0 radical (unpaired) electrons. The first-order valence-corrected chi connectivity index (χ1v) is 11.6. The molecule has 3 heterocycles. The smallest absolute Gasteiger partial charge is 0.318 e. The van der Waals surface area contributed by atoms with E-state index in [1.54, 1.807) is 23.1 Å². The van der Waals surface area contributed by atoms with Crippen molar-refractivity contribution in [2.45, 2.75) is 5.54 Å². The number of benzene rings is 2. The van der Waals surface area contributed by atoms with Gasteiger partial charge in [-0.1, -0.05) is 35.1 Å². The van der Waals surface area contributed by atoms with Crippen LogP contribution in [0.5, 0.6) is 6.01 Å². The van der Waals surface area contributed by atoms with Crippen LogP contribution in [-0.2, 0) is 9.59 Å². The number of ether oxygens (including phenoxy) is 1. The van der Waals surface area contributed by atoms with Gasteiger partial charge in [0.05, 0.1) is 35.4 Å². The van der Waals surface area contributed by atoms with Crippen molar-refractivity contribution in [2.75, 3.05) is 37.9 Å². The van der Waals surface area contributed by atoms with Gasteiger partial charge in [-0.2, -0.15) is 9.97 Å². The summed E-state index contributed by atoms with van der Waals surface area (Å²) in [6.45, 7) is 0.220. The van der Waals surface area contributed by atoms with E-state index < -0.39 is 11.4 Å². The SMILES string of the molecule is CNC(=O)C1(NC=O)CN(c2nc(OC)nc3c(F)c(-c4cccc5sc(N)nc45)c(Cl)cc23)C1. The van der Waals surface area contributed by atoms with Gasteiger partial charge in [0.1, 0.15) is 11.3 Å². The fraction of sp³-hybridized carbons (Fsp3) is 0.227. The molecule has 5 rings (SSSR count). The maximum atomic E-state index is 16.1. The third-order valence-electron chi connectivity index (χ3n) is 5.95. The van der Waals surface area contributed by atoms with E-state index in [0.717, 1.165) is 4.70 Å². The third kappa shape index (κ3) is 3.56. The van der Waals surface area contributed by atoms with Crippen LogP contribution in [0.1, 0.15) is 0 Å². The Labute approximate surface area is 207 Å². The normalized spacial score (nSPS) is 14.6. The van der Waals surface area contributed by atoms with Gasteiger partial charge in [-0.3, -0.25) is 9.59 Å². The van der Waals surface area contributed by atoms with E-state index in [0.29, 0.717) is 33.8 Å². The summed E-state index contributed by atoms with van der Waals surface area (Å²) in [4.78, 5) is 38.2. The van der Waals surface area contributed by atoms with E-state index in [9.17, 15) is 9.59 Å². The lowest BCUT2D eigenvalue weighted by molar-refractivity contribution is -0.131. The number of nitrogen functional groups attached to an aromatic ring is 1. The predicted molar refractivity (Wildman–Crippen MR) is 132 cm³/mol. The highest BCUT2D eigenvalue weighted by molar-refractivity contribution is 7.22. The lowest BCUT2D eigenvalue weighted by atomic mass is 9.88. The molecule has 4 N–H and O–H groups in total. The Kier molecular flexibility index (Phi) is 5.56. The van der Waals surface area contributed by atoms with Gasteiger partial charge in [0.2, 0.25) is 12.3 Å². The lowest BCUT2D eigenvalue weighted by Gasteiger charge is -2.48. The van der Waals surface area contributed by atoms with Crippen LogP contribution in [0.3, 0.4) is 0 Å². The van der Waals surface area contributed by atoms with Crippen LogP contribution in [0.4, 0.5) is 15.3 Å². The number of para-hydroxylation sites is 1. The van der Waals surface area contributed by atoms with E-state index in [-0.39, 0.29) is 41.1 Å². The molecule has 0 unspecified atom stereocenters. The van der Waals surface area contributed by atoms with Crippen LogP contribution < -0.4 is 26.0 Å². The van der Waals surface area contributed by atoms with E-state index in [1.165, 1.54) is 25.5 Å². The van der Waals surface area contributed by atoms with Crippen molar-refractivity contribution < 1.29 is 18.7 Å². The molecule has 4 aromatic rings. The molecule has 13 heteroatoms. The average molecular weight is 516 g/mol. The van der Waals surface area contributed by atoms with Gasteiger partial charge in [-0.15, -0.1) is 0 Å². The van der Waals surface area contributed by atoms with Crippen molar-refractivity contribution in [3.63, 3.8) is 0 Å². The number of hydrogen-bond acceptors (Lipinski definition) is 9. The minimum Gasteiger partial charge on any atom is -0.467 e. The molecule has 2 amide bonds. The number of carbonyl (C=O) groups is 2. The first-order chi connectivity index (χ1) is 16.8. The summed E-state index contributed by atoms with van der Waals surface area (Å²) in [6, 6.07) is 6.86. The number of nitrogens with one attached hydrogen (secondary N) is 2. The molecule has 1 fully saturated rings. The van der Waals surface area contributed by atoms with Gasteiger partial charge in [0, 0.05) is 23.6 Å². The van der Waals surface area contributed by atoms with E-state index in [1.807, 2.05) is 6.07 Å². The zero-order valence-corrected chi connectivity index (χ0v) is 20.1. The molecule has 0 atom stereocenters. The highest BCUT2D eigenvalue weighted by Gasteiger charge is 2.50. The molecule has 10 nitrogen and oxygen atoms in total. The van der Waals surface area contributed by atoms with Crippen LogP contribution >= 0.6 is 22.9 Å². The molecule has 35 heavy (non-hydrogen) atoms. The van der Waals surface area contributed by atoms with Crippen molar-refractivity contribution in [3.8, 4) is 17.1 Å². The molecule has 2 aromatic heterocycles. The molecule has 0 spiro atoms. The summed E-state index contributed by atoms with van der Waals surface area (Å²) in [7, 11) is 2.85. The van der Waals surface area contributed by atoms with Crippen molar-refractivity contribution in [1.82, 2.24) is 25.6 Å². The Hall–Kier alpha value is -3.77. The molecule has 0 saturated carbocycles. The number of aromatic nitrogens is 3. The molecule has 180 valence electrons. The summed E-state index contributed by atoms with van der Waals surface area (Å²) < 4.78 is 22.1. The number of rotatable bonds is 6. The van der Waals surface area contributed by atoms with Gasteiger partial charge in [-0.05, 0) is 12.1 Å². The van der Waals surface area contributed by atoms with Crippen LogP contribution in [0, 0.1) is 5.82 Å². The molecule has 1 aliphatic rings. The number of anilines is 2. The van der Waals surface area contributed by atoms with Gasteiger partial charge >= 0.3 is 6.01 Å². The number of hydrogen-bond donors (Lipinski definition) is 3. The van der Waals surface area contributed by atoms with Crippen molar-refractivity contribution in [2.24, 2.45) is 0 Å². The predicted octanol–water partition coefficient (Wildman–Crippen LogP) is 2.34. The Morgan fingerprint density at radius 2 is 2.09 bits per heavy atom. The third-order valence-corrected chi connectivity index (χ3v) is 7.10. The Balaban J connectivity index is 1.67. The van der Waals surface area contributed by atoms with E-state index in [2.05, 4.69) is 25.6 Å². The summed E-state index contributed by atoms with van der Waals surface area (Å²) in [6.07, 6.45) is 0.472. The first-order valence-electron chi connectivity index (χ1n) is 10.4. The Bertz CT molecular complexity index is 1510. The number of fused-ring (bicyclic) bond motifs is 2. The summed E-state index contributed by atoms with van der Waals surface area (Å²) in [5.41, 5.74) is 5.88. The molecule has 2 aromatic carbocycles. The molecular formula is C22H19ClFN7O3S. The minimum absolute atomic E-state index is 0.00718. The second-order valence-corrected chi connectivity index (χ2v) is 9.43. The topological polar surface area (TPSA) is 135 Å². The number of thiazole rings is 1. The van der Waals surface area contributed by atoms with Gasteiger partial charge in [-0.25, -0.2) is 9.37 Å². The maximum Gasteiger partial charge on any atom is 0.318 e. The van der Waals surface area contributed by atoms with Crippen LogP contribution in [0.25, 0.3) is 32.2 Å². The zero-order valence-electron chi connectivity index (χ0n) is 18.6. The number of methoxy groups -OCH3 is 1. The Morgan fingerprint density at radius 1 is 1.31 bits per heavy atom. The van der Waals surface area contributed by atoms with Crippen molar-refractivity contribution in [1.29, 1.82) is 0 Å². The number of likely N-dealkylation sites (N-methyl/N-ethyl adjacent to an activating group) is 1. The summed E-state index contributed by atoms with van der Waals surface area (Å²) in [5.74, 6) is -0.700. The van der Waals surface area contributed by atoms with Crippen LogP contribution in [0.2, 0.25) is 5.02 Å². The monoisotopic (exact) mass is 515 g/mol.